The van der Waals surface area contributed by atoms with Crippen LogP contribution in [0.4, 0.5) is 0 Å². The number of hydrogen-bond donors (Lipinski definition) is 0. The van der Waals surface area contributed by atoms with Gasteiger partial charge in [-0.05, 0) is 34.1 Å². The summed E-state index contributed by atoms with van der Waals surface area (Å²) in [5, 5.41) is 0. The van der Waals surface area contributed by atoms with Crippen LogP contribution in [0.5, 0.6) is 0 Å². The zero-order valence-corrected chi connectivity index (χ0v) is 13.6. The molecule has 6 heteroatoms. The summed E-state index contributed by atoms with van der Waals surface area (Å²) in [6.45, 7) is 8.02. The molecule has 3 aliphatic heterocycles. The third kappa shape index (κ3) is 2.16. The second-order valence-corrected chi connectivity index (χ2v) is 7.80. The largest absolute Gasteiger partial charge is 0.348 e. The van der Waals surface area contributed by atoms with Crippen molar-refractivity contribution in [2.75, 3.05) is 6.61 Å². The predicted octanol–water partition coefficient (Wildman–Crippen LogP) is 1.75. The molecule has 5 atom stereocenters. The predicted molar refractivity (Wildman–Crippen MR) is 74.9 cm³/mol. The first-order valence-electron chi connectivity index (χ1n) is 8.05. The van der Waals surface area contributed by atoms with E-state index in [1.807, 2.05) is 27.7 Å². The fourth-order valence-electron chi connectivity index (χ4n) is 4.38. The quantitative estimate of drug-likeness (QED) is 0.735. The first kappa shape index (κ1) is 15.0. The maximum absolute atomic E-state index is 12.0. The summed E-state index contributed by atoms with van der Waals surface area (Å²) in [4.78, 5) is 12.0. The van der Waals surface area contributed by atoms with Crippen LogP contribution in [-0.2, 0) is 28.5 Å². The maximum atomic E-state index is 12.0. The Kier molecular flexibility index (Phi) is 3.08. The smallest absolute Gasteiger partial charge is 0.188 e. The molecule has 3 saturated heterocycles. The van der Waals surface area contributed by atoms with E-state index >= 15 is 0 Å². The molecule has 0 aromatic rings. The molecule has 22 heavy (non-hydrogen) atoms. The van der Waals surface area contributed by atoms with Gasteiger partial charge in [0.05, 0.1) is 12.7 Å². The lowest BCUT2D eigenvalue weighted by Crippen LogP contribution is -2.47. The van der Waals surface area contributed by atoms with Crippen LogP contribution >= 0.6 is 0 Å². The molecule has 6 nitrogen and oxygen atoms in total. The molecule has 0 radical (unpaired) electrons. The van der Waals surface area contributed by atoms with Crippen LogP contribution in [0.15, 0.2) is 0 Å². The minimum absolute atomic E-state index is 0.193. The summed E-state index contributed by atoms with van der Waals surface area (Å²) in [7, 11) is 0. The zero-order valence-electron chi connectivity index (χ0n) is 13.6. The van der Waals surface area contributed by atoms with E-state index in [1.165, 1.54) is 0 Å². The van der Waals surface area contributed by atoms with Gasteiger partial charge in [-0.3, -0.25) is 4.79 Å². The van der Waals surface area contributed by atoms with E-state index < -0.39 is 17.9 Å². The van der Waals surface area contributed by atoms with Gasteiger partial charge in [-0.15, -0.1) is 0 Å². The minimum atomic E-state index is -0.675. The molecular weight excluding hydrogens is 288 g/mol. The van der Waals surface area contributed by atoms with Crippen LogP contribution in [0.3, 0.4) is 0 Å². The molecule has 0 aromatic carbocycles. The fourth-order valence-corrected chi connectivity index (χ4v) is 4.38. The number of hydrogen-bond acceptors (Lipinski definition) is 6. The van der Waals surface area contributed by atoms with Crippen LogP contribution in [0.1, 0.15) is 47.0 Å². The third-order valence-electron chi connectivity index (χ3n) is 5.24. The van der Waals surface area contributed by atoms with Gasteiger partial charge in [-0.2, -0.15) is 0 Å². The maximum Gasteiger partial charge on any atom is 0.188 e. The summed E-state index contributed by atoms with van der Waals surface area (Å²) in [5.74, 6) is -1.03. The van der Waals surface area contributed by atoms with Gasteiger partial charge in [0.15, 0.2) is 17.9 Å². The van der Waals surface area contributed by atoms with Crippen molar-refractivity contribution in [1.29, 1.82) is 0 Å². The lowest BCUT2D eigenvalue weighted by atomic mass is 9.75. The topological polar surface area (TPSA) is 63.2 Å². The first-order chi connectivity index (χ1) is 10.2. The highest BCUT2D eigenvalue weighted by Gasteiger charge is 2.67. The lowest BCUT2D eigenvalue weighted by molar-refractivity contribution is -0.236. The van der Waals surface area contributed by atoms with Crippen LogP contribution < -0.4 is 0 Å². The van der Waals surface area contributed by atoms with Gasteiger partial charge in [0.2, 0.25) is 0 Å². The summed E-state index contributed by atoms with van der Waals surface area (Å²) in [5.41, 5.74) is -0.357. The third-order valence-corrected chi connectivity index (χ3v) is 5.24. The Labute approximate surface area is 130 Å². The molecule has 124 valence electrons. The molecule has 0 bridgehead atoms. The Bertz CT molecular complexity index is 501. The van der Waals surface area contributed by atoms with E-state index in [-0.39, 0.29) is 29.5 Å². The van der Waals surface area contributed by atoms with Gasteiger partial charge >= 0.3 is 0 Å². The summed E-state index contributed by atoms with van der Waals surface area (Å²) in [6.07, 6.45) is 0.734. The molecular formula is C16H24O6. The van der Waals surface area contributed by atoms with E-state index in [0.29, 0.717) is 19.4 Å². The molecule has 1 spiro atoms. The Morgan fingerprint density at radius 2 is 1.77 bits per heavy atom. The molecule has 0 amide bonds. The van der Waals surface area contributed by atoms with Crippen molar-refractivity contribution in [2.45, 2.75) is 83.1 Å². The highest BCUT2D eigenvalue weighted by molar-refractivity contribution is 5.82. The molecule has 4 aliphatic rings. The van der Waals surface area contributed by atoms with Gasteiger partial charge in [-0.1, -0.05) is 0 Å². The van der Waals surface area contributed by atoms with Crippen LogP contribution in [0.25, 0.3) is 0 Å². The summed E-state index contributed by atoms with van der Waals surface area (Å²) in [6, 6.07) is 0. The molecule has 1 saturated carbocycles. The van der Waals surface area contributed by atoms with Crippen molar-refractivity contribution in [1.82, 2.24) is 0 Å². The second-order valence-electron chi connectivity index (χ2n) is 7.80. The highest BCUT2D eigenvalue weighted by Crippen LogP contribution is 2.57. The van der Waals surface area contributed by atoms with Gasteiger partial charge in [0.25, 0.3) is 0 Å². The highest BCUT2D eigenvalue weighted by atomic mass is 16.8. The fraction of sp³-hybridized carbons (Fsp3) is 0.938. The van der Waals surface area contributed by atoms with Crippen molar-refractivity contribution in [2.24, 2.45) is 5.41 Å². The molecule has 0 aromatic heterocycles. The van der Waals surface area contributed by atoms with Crippen molar-refractivity contribution >= 4 is 5.78 Å². The van der Waals surface area contributed by atoms with Crippen molar-refractivity contribution < 1.29 is 28.5 Å². The number of carbonyl (C=O) groups excluding carboxylic acids is 1. The Hall–Kier alpha value is -0.530. The van der Waals surface area contributed by atoms with E-state index in [0.717, 1.165) is 6.42 Å². The summed E-state index contributed by atoms with van der Waals surface area (Å²) < 4.78 is 29.9. The average Bonchev–Trinajstić information content (AvgIpc) is 3.07. The first-order valence-corrected chi connectivity index (χ1v) is 8.05. The number of ether oxygens (including phenoxy) is 5. The lowest BCUT2D eigenvalue weighted by Gasteiger charge is -2.36. The number of ketones is 1. The van der Waals surface area contributed by atoms with Crippen LogP contribution in [-0.4, -0.2) is 48.6 Å². The molecule has 0 unspecified atom stereocenters. The van der Waals surface area contributed by atoms with Crippen LogP contribution in [0.2, 0.25) is 0 Å². The second kappa shape index (κ2) is 4.51. The number of fused-ring (bicyclic) bond motifs is 2. The molecule has 4 fully saturated rings. The van der Waals surface area contributed by atoms with E-state index in [4.69, 9.17) is 23.7 Å². The van der Waals surface area contributed by atoms with Gasteiger partial charge in [0, 0.05) is 18.3 Å². The molecule has 3 heterocycles. The monoisotopic (exact) mass is 312 g/mol. The average molecular weight is 312 g/mol. The summed E-state index contributed by atoms with van der Waals surface area (Å²) >= 11 is 0. The SMILES string of the molecule is CC1(C)OC[C@H]([C@H]2O[C@@H]3OC(C)(C)O[C@@H]3[C@]23CCC(=O)C3)O1. The molecule has 1 aliphatic carbocycles. The zero-order chi connectivity index (χ0) is 15.8. The molecule has 0 N–H and O–H groups in total. The standard InChI is InChI=1S/C16H24O6/c1-14(2)18-8-10(20-14)11-16(6-5-9(17)7-16)12-13(19-11)22-15(3,4)21-12/h10-13H,5-8H2,1-4H3/t10-,11-,12+,13-,16+/m1/s1. The minimum Gasteiger partial charge on any atom is -0.348 e. The van der Waals surface area contributed by atoms with E-state index in [2.05, 4.69) is 0 Å². The van der Waals surface area contributed by atoms with E-state index in [9.17, 15) is 4.79 Å². The van der Waals surface area contributed by atoms with Crippen LogP contribution in [0, 0.1) is 5.41 Å². The number of Topliss-reactive ketones (excluding diaryl/α,β-unsaturated/α-hetero) is 1. The van der Waals surface area contributed by atoms with Gasteiger partial charge in [-0.25, -0.2) is 0 Å². The normalized spacial score (nSPS) is 49.2. The Balaban J connectivity index is 1.64. The van der Waals surface area contributed by atoms with E-state index in [1.54, 1.807) is 0 Å². The van der Waals surface area contributed by atoms with Gasteiger partial charge < -0.3 is 23.7 Å². The van der Waals surface area contributed by atoms with Crippen molar-refractivity contribution in [3.63, 3.8) is 0 Å². The van der Waals surface area contributed by atoms with Crippen molar-refractivity contribution in [3.8, 4) is 0 Å². The Morgan fingerprint density at radius 3 is 2.36 bits per heavy atom. The van der Waals surface area contributed by atoms with Crippen molar-refractivity contribution in [3.05, 3.63) is 0 Å². The van der Waals surface area contributed by atoms with Gasteiger partial charge in [0.1, 0.15) is 18.0 Å². The number of rotatable bonds is 1. The Morgan fingerprint density at radius 1 is 1.00 bits per heavy atom. The number of carbonyl (C=O) groups is 1. The molecule has 4 rings (SSSR count).